The van der Waals surface area contributed by atoms with Crippen molar-refractivity contribution in [2.45, 2.75) is 78.1 Å². The Bertz CT molecular complexity index is 739. The summed E-state index contributed by atoms with van der Waals surface area (Å²) in [5.74, 6) is -4.83. The monoisotopic (exact) mass is 404 g/mol. The lowest BCUT2D eigenvalue weighted by atomic mass is 9.61. The molecule has 0 spiro atoms. The lowest BCUT2D eigenvalue weighted by Gasteiger charge is -2.44. The van der Waals surface area contributed by atoms with E-state index in [1.54, 1.807) is 27.7 Å². The fourth-order valence-corrected chi connectivity index (χ4v) is 4.00. The van der Waals surface area contributed by atoms with Gasteiger partial charge in [0.05, 0.1) is 23.7 Å². The zero-order valence-corrected chi connectivity index (χ0v) is 18.1. The van der Waals surface area contributed by atoms with Crippen molar-refractivity contribution >= 4 is 17.7 Å². The summed E-state index contributed by atoms with van der Waals surface area (Å²) in [5.41, 5.74) is 0.0865. The van der Waals surface area contributed by atoms with Crippen molar-refractivity contribution in [1.82, 2.24) is 0 Å². The summed E-state index contributed by atoms with van der Waals surface area (Å²) >= 11 is 0. The Kier molecular flexibility index (Phi) is 7.22. The van der Waals surface area contributed by atoms with Gasteiger partial charge in [-0.3, -0.25) is 14.4 Å². The van der Waals surface area contributed by atoms with Crippen molar-refractivity contribution in [1.29, 1.82) is 0 Å². The van der Waals surface area contributed by atoms with Crippen LogP contribution in [0.25, 0.3) is 0 Å². The molecule has 1 saturated carbocycles. The van der Waals surface area contributed by atoms with Crippen LogP contribution in [0.3, 0.4) is 0 Å². The first kappa shape index (κ1) is 23.1. The molecule has 160 valence electrons. The first-order valence-corrected chi connectivity index (χ1v) is 10.2. The Balaban J connectivity index is 2.60. The number of aryl methyl sites for hydroxylation is 1. The fourth-order valence-electron chi connectivity index (χ4n) is 4.00. The minimum atomic E-state index is -1.63. The third kappa shape index (κ3) is 5.24. The van der Waals surface area contributed by atoms with Crippen LogP contribution in [0.2, 0.25) is 0 Å². The topological polar surface area (TPSA) is 89.9 Å². The molecule has 4 atom stereocenters. The molecule has 1 aromatic rings. The van der Waals surface area contributed by atoms with Gasteiger partial charge in [-0.15, -0.1) is 0 Å². The molecule has 0 aliphatic heterocycles. The highest BCUT2D eigenvalue weighted by Crippen LogP contribution is 2.47. The van der Waals surface area contributed by atoms with E-state index in [0.717, 1.165) is 12.0 Å². The molecule has 6 heteroatoms. The van der Waals surface area contributed by atoms with Crippen LogP contribution in [0.5, 0.6) is 0 Å². The molecule has 1 fully saturated rings. The Labute approximate surface area is 172 Å². The lowest BCUT2D eigenvalue weighted by molar-refractivity contribution is -0.176. The first-order chi connectivity index (χ1) is 13.5. The van der Waals surface area contributed by atoms with E-state index in [2.05, 4.69) is 0 Å². The summed E-state index contributed by atoms with van der Waals surface area (Å²) in [5, 5.41) is 11.0. The van der Waals surface area contributed by atoms with E-state index in [1.807, 2.05) is 31.2 Å². The molecule has 0 radical (unpaired) electrons. The SMILES string of the molecule is CCc1ccc([C@@H]2[C@H](C(=O)OC(C)C)C(=O)C[C@](C)(O)[C@H]2C(=O)OC(C)C)cc1. The van der Waals surface area contributed by atoms with E-state index in [-0.39, 0.29) is 12.5 Å². The van der Waals surface area contributed by atoms with E-state index in [1.165, 1.54) is 6.92 Å². The van der Waals surface area contributed by atoms with Crippen molar-refractivity contribution in [2.24, 2.45) is 11.8 Å². The molecule has 1 aromatic carbocycles. The molecular weight excluding hydrogens is 372 g/mol. The Hall–Kier alpha value is -2.21. The number of Topliss-reactive ketones (excluding diaryl/α,β-unsaturated/α-hetero) is 1. The van der Waals surface area contributed by atoms with Crippen LogP contribution in [0, 0.1) is 11.8 Å². The first-order valence-electron chi connectivity index (χ1n) is 10.2. The van der Waals surface area contributed by atoms with Gasteiger partial charge >= 0.3 is 11.9 Å². The minimum absolute atomic E-state index is 0.313. The number of benzene rings is 1. The average molecular weight is 405 g/mol. The number of hydrogen-bond acceptors (Lipinski definition) is 6. The van der Waals surface area contributed by atoms with E-state index in [0.29, 0.717) is 5.56 Å². The summed E-state index contributed by atoms with van der Waals surface area (Å²) < 4.78 is 10.7. The number of esters is 2. The number of rotatable bonds is 6. The maximum Gasteiger partial charge on any atom is 0.317 e. The third-order valence-corrected chi connectivity index (χ3v) is 5.25. The standard InChI is InChI=1S/C23H32O6/c1-7-15-8-10-16(11-9-15)18-19(21(25)28-13(2)3)17(24)12-23(6,27)20(18)22(26)29-14(4)5/h8-11,13-14,18-20,27H,7,12H2,1-6H3/t18-,19-,20-,23+/m1/s1. The van der Waals surface area contributed by atoms with Crippen LogP contribution in [-0.4, -0.2) is 40.6 Å². The molecule has 0 amide bonds. The minimum Gasteiger partial charge on any atom is -0.463 e. The largest absolute Gasteiger partial charge is 0.463 e. The molecule has 0 heterocycles. The second kappa shape index (κ2) is 9.08. The molecule has 2 rings (SSSR count). The van der Waals surface area contributed by atoms with Gasteiger partial charge in [-0.1, -0.05) is 31.2 Å². The number of carbonyl (C=O) groups is 3. The lowest BCUT2D eigenvalue weighted by Crippen LogP contribution is -2.55. The van der Waals surface area contributed by atoms with E-state index < -0.39 is 47.2 Å². The van der Waals surface area contributed by atoms with Gasteiger partial charge in [-0.2, -0.15) is 0 Å². The molecule has 0 bridgehead atoms. The normalized spacial score (nSPS) is 27.2. The van der Waals surface area contributed by atoms with E-state index in [9.17, 15) is 19.5 Å². The second-order valence-electron chi connectivity index (χ2n) is 8.55. The molecule has 0 aromatic heterocycles. The maximum atomic E-state index is 13.0. The predicted octanol–water partition coefficient (Wildman–Crippen LogP) is 3.19. The molecule has 6 nitrogen and oxygen atoms in total. The summed E-state index contributed by atoms with van der Waals surface area (Å²) in [6.45, 7) is 10.3. The van der Waals surface area contributed by atoms with Crippen molar-refractivity contribution in [3.63, 3.8) is 0 Å². The number of carbonyl (C=O) groups excluding carboxylic acids is 3. The van der Waals surface area contributed by atoms with Crippen LogP contribution in [0.4, 0.5) is 0 Å². The number of hydrogen-bond donors (Lipinski definition) is 1. The van der Waals surface area contributed by atoms with Gasteiger partial charge in [0.25, 0.3) is 0 Å². The summed E-state index contributed by atoms with van der Waals surface area (Å²) in [4.78, 5) is 38.7. The van der Waals surface area contributed by atoms with Gasteiger partial charge in [0, 0.05) is 12.3 Å². The average Bonchev–Trinajstić information content (AvgIpc) is 2.58. The van der Waals surface area contributed by atoms with E-state index in [4.69, 9.17) is 9.47 Å². The Morgan fingerprint density at radius 2 is 1.59 bits per heavy atom. The Morgan fingerprint density at radius 3 is 2.07 bits per heavy atom. The van der Waals surface area contributed by atoms with Crippen LogP contribution in [-0.2, 0) is 30.3 Å². The highest BCUT2D eigenvalue weighted by atomic mass is 16.5. The Morgan fingerprint density at radius 1 is 1.07 bits per heavy atom. The van der Waals surface area contributed by atoms with Crippen LogP contribution in [0.1, 0.15) is 65.0 Å². The molecule has 29 heavy (non-hydrogen) atoms. The molecule has 1 aliphatic rings. The van der Waals surface area contributed by atoms with Gasteiger partial charge in [0.2, 0.25) is 0 Å². The van der Waals surface area contributed by atoms with Crippen molar-refractivity contribution in [2.75, 3.05) is 0 Å². The van der Waals surface area contributed by atoms with Crippen molar-refractivity contribution < 1.29 is 29.0 Å². The maximum absolute atomic E-state index is 13.0. The van der Waals surface area contributed by atoms with Crippen LogP contribution < -0.4 is 0 Å². The van der Waals surface area contributed by atoms with Gasteiger partial charge in [-0.25, -0.2) is 0 Å². The van der Waals surface area contributed by atoms with Gasteiger partial charge in [0.1, 0.15) is 5.92 Å². The van der Waals surface area contributed by atoms with Crippen LogP contribution >= 0.6 is 0 Å². The number of aliphatic hydroxyl groups is 1. The third-order valence-electron chi connectivity index (χ3n) is 5.25. The van der Waals surface area contributed by atoms with Crippen molar-refractivity contribution in [3.05, 3.63) is 35.4 Å². The highest BCUT2D eigenvalue weighted by molar-refractivity contribution is 6.02. The predicted molar refractivity (Wildman–Crippen MR) is 108 cm³/mol. The number of ketones is 1. The van der Waals surface area contributed by atoms with Gasteiger partial charge in [-0.05, 0) is 52.2 Å². The van der Waals surface area contributed by atoms with Gasteiger partial charge in [0.15, 0.2) is 5.78 Å². The van der Waals surface area contributed by atoms with E-state index >= 15 is 0 Å². The zero-order valence-electron chi connectivity index (χ0n) is 18.1. The smallest absolute Gasteiger partial charge is 0.317 e. The van der Waals surface area contributed by atoms with Crippen molar-refractivity contribution in [3.8, 4) is 0 Å². The van der Waals surface area contributed by atoms with Crippen LogP contribution in [0.15, 0.2) is 24.3 Å². The molecule has 1 aliphatic carbocycles. The quantitative estimate of drug-likeness (QED) is 0.578. The summed E-state index contributed by atoms with van der Waals surface area (Å²) in [7, 11) is 0. The zero-order chi connectivity index (χ0) is 21.9. The second-order valence-corrected chi connectivity index (χ2v) is 8.55. The van der Waals surface area contributed by atoms with Gasteiger partial charge < -0.3 is 14.6 Å². The fraction of sp³-hybridized carbons (Fsp3) is 0.609. The molecule has 1 N–H and O–H groups in total. The molecule has 0 unspecified atom stereocenters. The molecular formula is C23H32O6. The molecule has 0 saturated heterocycles. The highest BCUT2D eigenvalue weighted by Gasteiger charge is 2.57. The summed E-state index contributed by atoms with van der Waals surface area (Å²) in [6.07, 6.45) is -0.270. The number of ether oxygens (including phenoxy) is 2. The summed E-state index contributed by atoms with van der Waals surface area (Å²) in [6, 6.07) is 7.42.